The van der Waals surface area contributed by atoms with E-state index < -0.39 is 0 Å². The molecule has 0 heterocycles. The highest BCUT2D eigenvalue weighted by Crippen LogP contribution is 2.25. The van der Waals surface area contributed by atoms with E-state index in [1.165, 1.54) is 19.4 Å². The lowest BCUT2D eigenvalue weighted by Crippen LogP contribution is -1.88. The summed E-state index contributed by atoms with van der Waals surface area (Å²) in [5, 5.41) is 12.6. The van der Waals surface area contributed by atoms with Crippen molar-refractivity contribution in [2.24, 2.45) is 10.9 Å². The molecular formula is C8H10N2O2. The second-order valence-electron chi connectivity index (χ2n) is 2.21. The summed E-state index contributed by atoms with van der Waals surface area (Å²) in [4.78, 5) is 0. The van der Waals surface area contributed by atoms with Crippen LogP contribution in [0.2, 0.25) is 0 Å². The standard InChI is InChI=1S/C8H10N2O2/c1-12-8-3-2-6(5-10-9)4-7(8)11/h2-5,11H,9H2,1H3. The number of methoxy groups -OCH3 is 1. The number of hydrogen-bond donors (Lipinski definition) is 2. The maximum atomic E-state index is 9.29. The summed E-state index contributed by atoms with van der Waals surface area (Å²) < 4.78 is 4.85. The molecule has 1 aromatic rings. The van der Waals surface area contributed by atoms with Gasteiger partial charge in [0.15, 0.2) is 11.5 Å². The summed E-state index contributed by atoms with van der Waals surface area (Å²) in [7, 11) is 1.49. The van der Waals surface area contributed by atoms with Crippen LogP contribution in [0.3, 0.4) is 0 Å². The normalized spacial score (nSPS) is 10.4. The third-order valence-electron chi connectivity index (χ3n) is 1.43. The molecule has 0 unspecified atom stereocenters. The molecule has 3 N–H and O–H groups in total. The molecule has 4 heteroatoms. The Labute approximate surface area is 70.3 Å². The van der Waals surface area contributed by atoms with Gasteiger partial charge in [0.25, 0.3) is 0 Å². The first-order valence-electron chi connectivity index (χ1n) is 3.38. The number of hydrazone groups is 1. The molecule has 0 saturated carbocycles. The minimum absolute atomic E-state index is 0.0786. The molecule has 12 heavy (non-hydrogen) atoms. The topological polar surface area (TPSA) is 67.8 Å². The number of benzene rings is 1. The SMILES string of the molecule is COc1ccc(C=NN)cc1O. The first-order chi connectivity index (χ1) is 5.77. The van der Waals surface area contributed by atoms with Crippen molar-refractivity contribution < 1.29 is 9.84 Å². The maximum Gasteiger partial charge on any atom is 0.160 e. The third kappa shape index (κ3) is 1.66. The fraction of sp³-hybridized carbons (Fsp3) is 0.125. The Morgan fingerprint density at radius 3 is 2.83 bits per heavy atom. The molecule has 0 fully saturated rings. The van der Waals surface area contributed by atoms with Gasteiger partial charge in [0.2, 0.25) is 0 Å². The van der Waals surface area contributed by atoms with Gasteiger partial charge in [0.1, 0.15) is 0 Å². The largest absolute Gasteiger partial charge is 0.504 e. The van der Waals surface area contributed by atoms with Crippen molar-refractivity contribution in [3.63, 3.8) is 0 Å². The molecule has 0 radical (unpaired) electrons. The first kappa shape index (κ1) is 8.39. The van der Waals surface area contributed by atoms with Gasteiger partial charge in [0.05, 0.1) is 13.3 Å². The number of phenols is 1. The lowest BCUT2D eigenvalue weighted by Gasteiger charge is -2.02. The van der Waals surface area contributed by atoms with Crippen LogP contribution in [0.15, 0.2) is 23.3 Å². The summed E-state index contributed by atoms with van der Waals surface area (Å²) in [5.74, 6) is 5.45. The molecular weight excluding hydrogens is 156 g/mol. The van der Waals surface area contributed by atoms with Crippen molar-refractivity contribution in [3.8, 4) is 11.5 Å². The zero-order chi connectivity index (χ0) is 8.97. The Hall–Kier alpha value is -1.71. The summed E-state index contributed by atoms with van der Waals surface area (Å²) in [6, 6.07) is 4.91. The van der Waals surface area contributed by atoms with Crippen LogP contribution in [0.1, 0.15) is 5.56 Å². The molecule has 1 rings (SSSR count). The molecule has 0 aromatic heterocycles. The predicted octanol–water partition coefficient (Wildman–Crippen LogP) is 0.693. The minimum Gasteiger partial charge on any atom is -0.504 e. The molecule has 0 saturated heterocycles. The van der Waals surface area contributed by atoms with Crippen LogP contribution in [0.4, 0.5) is 0 Å². The van der Waals surface area contributed by atoms with E-state index in [1.807, 2.05) is 0 Å². The van der Waals surface area contributed by atoms with Crippen molar-refractivity contribution in [3.05, 3.63) is 23.8 Å². The first-order valence-corrected chi connectivity index (χ1v) is 3.38. The summed E-state index contributed by atoms with van der Waals surface area (Å²) in [6.07, 6.45) is 1.44. The number of ether oxygens (including phenoxy) is 1. The smallest absolute Gasteiger partial charge is 0.160 e. The molecule has 64 valence electrons. The van der Waals surface area contributed by atoms with Gasteiger partial charge < -0.3 is 15.7 Å². The monoisotopic (exact) mass is 166 g/mol. The van der Waals surface area contributed by atoms with Gasteiger partial charge in [-0.3, -0.25) is 0 Å². The van der Waals surface area contributed by atoms with E-state index in [0.717, 1.165) is 5.56 Å². The van der Waals surface area contributed by atoms with E-state index >= 15 is 0 Å². The van der Waals surface area contributed by atoms with Crippen molar-refractivity contribution in [2.45, 2.75) is 0 Å². The van der Waals surface area contributed by atoms with Crippen molar-refractivity contribution in [1.29, 1.82) is 0 Å². The van der Waals surface area contributed by atoms with Gasteiger partial charge in [-0.25, -0.2) is 0 Å². The highest BCUT2D eigenvalue weighted by Gasteiger charge is 1.99. The number of hydrogen-bond acceptors (Lipinski definition) is 4. The Kier molecular flexibility index (Phi) is 2.53. The highest BCUT2D eigenvalue weighted by molar-refractivity contribution is 5.80. The Bertz CT molecular complexity index is 297. The molecule has 4 nitrogen and oxygen atoms in total. The fourth-order valence-electron chi connectivity index (χ4n) is 0.873. The fourth-order valence-corrected chi connectivity index (χ4v) is 0.873. The van der Waals surface area contributed by atoms with Crippen LogP contribution in [0.5, 0.6) is 11.5 Å². The van der Waals surface area contributed by atoms with Gasteiger partial charge in [-0.1, -0.05) is 0 Å². The quantitative estimate of drug-likeness (QED) is 0.386. The average Bonchev–Trinajstić information content (AvgIpc) is 2.05. The summed E-state index contributed by atoms with van der Waals surface area (Å²) >= 11 is 0. The number of nitrogens with zero attached hydrogens (tertiary/aromatic N) is 1. The summed E-state index contributed by atoms with van der Waals surface area (Å²) in [6.45, 7) is 0. The highest BCUT2D eigenvalue weighted by atomic mass is 16.5. The van der Waals surface area contributed by atoms with E-state index in [0.29, 0.717) is 5.75 Å². The average molecular weight is 166 g/mol. The Morgan fingerprint density at radius 1 is 1.58 bits per heavy atom. The van der Waals surface area contributed by atoms with Crippen molar-refractivity contribution in [2.75, 3.05) is 7.11 Å². The van der Waals surface area contributed by atoms with Crippen LogP contribution in [0, 0.1) is 0 Å². The van der Waals surface area contributed by atoms with Crippen LogP contribution in [-0.4, -0.2) is 18.4 Å². The van der Waals surface area contributed by atoms with Gasteiger partial charge >= 0.3 is 0 Å². The number of nitrogens with two attached hydrogens (primary N) is 1. The Morgan fingerprint density at radius 2 is 2.33 bits per heavy atom. The van der Waals surface area contributed by atoms with Gasteiger partial charge in [-0.05, 0) is 23.8 Å². The number of aromatic hydroxyl groups is 1. The van der Waals surface area contributed by atoms with Crippen LogP contribution >= 0.6 is 0 Å². The molecule has 1 aromatic carbocycles. The van der Waals surface area contributed by atoms with E-state index in [4.69, 9.17) is 10.6 Å². The van der Waals surface area contributed by atoms with E-state index in [1.54, 1.807) is 12.1 Å². The second kappa shape index (κ2) is 3.61. The van der Waals surface area contributed by atoms with Crippen LogP contribution < -0.4 is 10.6 Å². The van der Waals surface area contributed by atoms with E-state index in [2.05, 4.69) is 5.10 Å². The van der Waals surface area contributed by atoms with Gasteiger partial charge in [0, 0.05) is 0 Å². The maximum absolute atomic E-state index is 9.29. The third-order valence-corrected chi connectivity index (χ3v) is 1.43. The van der Waals surface area contributed by atoms with Crippen molar-refractivity contribution in [1.82, 2.24) is 0 Å². The zero-order valence-corrected chi connectivity index (χ0v) is 6.69. The van der Waals surface area contributed by atoms with E-state index in [-0.39, 0.29) is 5.75 Å². The van der Waals surface area contributed by atoms with Gasteiger partial charge in [-0.15, -0.1) is 0 Å². The molecule has 0 spiro atoms. The molecule has 0 bridgehead atoms. The predicted molar refractivity (Wildman–Crippen MR) is 46.4 cm³/mol. The minimum atomic E-state index is 0.0786. The molecule has 0 aliphatic rings. The van der Waals surface area contributed by atoms with Crippen LogP contribution in [0.25, 0.3) is 0 Å². The molecule has 0 aliphatic heterocycles. The molecule has 0 amide bonds. The Balaban J connectivity index is 3.01. The lowest BCUT2D eigenvalue weighted by atomic mass is 10.2. The summed E-state index contributed by atoms with van der Waals surface area (Å²) in [5.41, 5.74) is 0.732. The van der Waals surface area contributed by atoms with Crippen molar-refractivity contribution >= 4 is 6.21 Å². The van der Waals surface area contributed by atoms with Crippen LogP contribution in [-0.2, 0) is 0 Å². The number of phenolic OH excluding ortho intramolecular Hbond substituents is 1. The number of rotatable bonds is 2. The van der Waals surface area contributed by atoms with Gasteiger partial charge in [-0.2, -0.15) is 5.10 Å². The zero-order valence-electron chi connectivity index (χ0n) is 6.69. The lowest BCUT2D eigenvalue weighted by molar-refractivity contribution is 0.373. The van der Waals surface area contributed by atoms with E-state index in [9.17, 15) is 5.11 Å². The molecule has 0 aliphatic carbocycles. The second-order valence-corrected chi connectivity index (χ2v) is 2.21. The molecule has 0 atom stereocenters.